The lowest BCUT2D eigenvalue weighted by molar-refractivity contribution is 0.198. The van der Waals surface area contributed by atoms with Crippen molar-refractivity contribution in [1.82, 2.24) is 24.9 Å². The Morgan fingerprint density at radius 1 is 0.966 bits per heavy atom. The van der Waals surface area contributed by atoms with Crippen LogP contribution in [-0.2, 0) is 6.54 Å². The Hall–Kier alpha value is -3.18. The number of likely N-dealkylation sites (tertiary alicyclic amines) is 1. The van der Waals surface area contributed by atoms with Crippen LogP contribution in [0.4, 0.5) is 0 Å². The van der Waals surface area contributed by atoms with Crippen LogP contribution in [0, 0.1) is 0 Å². The van der Waals surface area contributed by atoms with Crippen LogP contribution in [0.25, 0.3) is 16.9 Å². The number of H-pyrrole nitrogens is 1. The predicted molar refractivity (Wildman–Crippen MR) is 115 cm³/mol. The molecule has 1 aliphatic heterocycles. The molecule has 0 radical (unpaired) electrons. The number of benzene rings is 2. The Balaban J connectivity index is 1.44. The van der Waals surface area contributed by atoms with Crippen molar-refractivity contribution in [2.45, 2.75) is 25.3 Å². The Labute approximate surface area is 171 Å². The highest BCUT2D eigenvalue weighted by Gasteiger charge is 2.24. The molecular formula is C24H25N5. The molecule has 4 aromatic rings. The van der Waals surface area contributed by atoms with Crippen molar-refractivity contribution in [2.75, 3.05) is 13.1 Å². The molecule has 0 spiro atoms. The fourth-order valence-electron chi connectivity index (χ4n) is 4.27. The number of nitrogens with zero attached hydrogens (tertiary/aromatic N) is 4. The first kappa shape index (κ1) is 17.9. The van der Waals surface area contributed by atoms with Crippen molar-refractivity contribution >= 4 is 0 Å². The molecule has 5 nitrogen and oxygen atoms in total. The largest absolute Gasteiger partial charge is 0.298 e. The molecule has 0 saturated carbocycles. The fourth-order valence-corrected chi connectivity index (χ4v) is 4.27. The van der Waals surface area contributed by atoms with E-state index in [0.717, 1.165) is 31.0 Å². The number of nitrogens with one attached hydrogen (secondary N) is 1. The number of aromatic nitrogens is 4. The van der Waals surface area contributed by atoms with Gasteiger partial charge in [0.2, 0.25) is 0 Å². The van der Waals surface area contributed by atoms with Gasteiger partial charge in [-0.05, 0) is 37.6 Å². The highest BCUT2D eigenvalue weighted by molar-refractivity contribution is 5.63. The quantitative estimate of drug-likeness (QED) is 0.546. The van der Waals surface area contributed by atoms with Gasteiger partial charge in [0, 0.05) is 48.2 Å². The van der Waals surface area contributed by atoms with Gasteiger partial charge in [-0.25, -0.2) is 4.68 Å². The third kappa shape index (κ3) is 3.87. The maximum atomic E-state index is 4.96. The Morgan fingerprint density at radius 3 is 2.52 bits per heavy atom. The number of rotatable bonds is 5. The van der Waals surface area contributed by atoms with E-state index in [1.807, 2.05) is 16.9 Å². The first-order chi connectivity index (χ1) is 14.4. The summed E-state index contributed by atoms with van der Waals surface area (Å²) in [5.74, 6) is 0.524. The second-order valence-corrected chi connectivity index (χ2v) is 7.74. The zero-order valence-electron chi connectivity index (χ0n) is 16.4. The van der Waals surface area contributed by atoms with Gasteiger partial charge in [-0.3, -0.25) is 10.00 Å². The zero-order valence-corrected chi connectivity index (χ0v) is 16.4. The van der Waals surface area contributed by atoms with E-state index in [4.69, 9.17) is 5.10 Å². The summed E-state index contributed by atoms with van der Waals surface area (Å²) in [7, 11) is 0. The molecule has 3 heterocycles. The summed E-state index contributed by atoms with van der Waals surface area (Å²) >= 11 is 0. The number of piperidine rings is 1. The van der Waals surface area contributed by atoms with Crippen molar-refractivity contribution in [3.8, 4) is 16.9 Å². The van der Waals surface area contributed by atoms with Gasteiger partial charge in [0.1, 0.15) is 0 Å². The third-order valence-electron chi connectivity index (χ3n) is 5.72. The van der Waals surface area contributed by atoms with Crippen molar-refractivity contribution < 1.29 is 0 Å². The van der Waals surface area contributed by atoms with Gasteiger partial charge in [-0.1, -0.05) is 48.5 Å². The van der Waals surface area contributed by atoms with Crippen molar-refractivity contribution in [2.24, 2.45) is 0 Å². The van der Waals surface area contributed by atoms with Gasteiger partial charge in [-0.15, -0.1) is 0 Å². The maximum absolute atomic E-state index is 4.96. The van der Waals surface area contributed by atoms with Crippen LogP contribution >= 0.6 is 0 Å². The Morgan fingerprint density at radius 2 is 1.76 bits per heavy atom. The highest BCUT2D eigenvalue weighted by Crippen LogP contribution is 2.29. The second kappa shape index (κ2) is 8.05. The average molecular weight is 383 g/mol. The lowest BCUT2D eigenvalue weighted by Crippen LogP contribution is -2.34. The molecular weight excluding hydrogens is 358 g/mol. The first-order valence-corrected chi connectivity index (χ1v) is 10.3. The molecule has 5 rings (SSSR count). The van der Waals surface area contributed by atoms with Crippen LogP contribution in [0.15, 0.2) is 79.1 Å². The SMILES string of the molecule is c1ccc(-c2nn(-c3ccccc3)cc2CN2CCC[C@@H](c3ccn[nH]3)C2)cc1. The molecule has 0 bridgehead atoms. The summed E-state index contributed by atoms with van der Waals surface area (Å²) in [6.07, 6.45) is 6.47. The van der Waals surface area contributed by atoms with Crippen molar-refractivity contribution in [3.05, 3.63) is 90.4 Å². The average Bonchev–Trinajstić information content (AvgIpc) is 3.46. The Bertz CT molecular complexity index is 1040. The van der Waals surface area contributed by atoms with Crippen LogP contribution in [0.3, 0.4) is 0 Å². The maximum Gasteiger partial charge on any atom is 0.0972 e. The molecule has 29 heavy (non-hydrogen) atoms. The van der Waals surface area contributed by atoms with E-state index in [1.165, 1.54) is 29.7 Å². The van der Waals surface area contributed by atoms with E-state index < -0.39 is 0 Å². The van der Waals surface area contributed by atoms with Gasteiger partial charge < -0.3 is 0 Å². The highest BCUT2D eigenvalue weighted by atomic mass is 15.3. The van der Waals surface area contributed by atoms with Crippen LogP contribution in [0.1, 0.15) is 30.0 Å². The molecule has 0 amide bonds. The minimum Gasteiger partial charge on any atom is -0.298 e. The van der Waals surface area contributed by atoms with Gasteiger partial charge in [0.25, 0.3) is 0 Å². The second-order valence-electron chi connectivity index (χ2n) is 7.74. The smallest absolute Gasteiger partial charge is 0.0972 e. The summed E-state index contributed by atoms with van der Waals surface area (Å²) < 4.78 is 2.01. The van der Waals surface area contributed by atoms with E-state index in [0.29, 0.717) is 5.92 Å². The van der Waals surface area contributed by atoms with Gasteiger partial charge >= 0.3 is 0 Å². The third-order valence-corrected chi connectivity index (χ3v) is 5.72. The molecule has 1 saturated heterocycles. The molecule has 2 aromatic heterocycles. The van der Waals surface area contributed by atoms with Crippen LogP contribution in [-0.4, -0.2) is 38.0 Å². The van der Waals surface area contributed by atoms with Crippen LogP contribution in [0.2, 0.25) is 0 Å². The van der Waals surface area contributed by atoms with E-state index in [1.54, 1.807) is 0 Å². The van der Waals surface area contributed by atoms with Crippen molar-refractivity contribution in [1.29, 1.82) is 0 Å². The normalized spacial score (nSPS) is 17.4. The summed E-state index contributed by atoms with van der Waals surface area (Å²) in [5.41, 5.74) is 5.84. The molecule has 1 N–H and O–H groups in total. The molecule has 146 valence electrons. The lowest BCUT2D eigenvalue weighted by atomic mass is 9.94. The monoisotopic (exact) mass is 383 g/mol. The number of aromatic amines is 1. The molecule has 0 aliphatic carbocycles. The van der Waals surface area contributed by atoms with Gasteiger partial charge in [0.05, 0.1) is 11.4 Å². The van der Waals surface area contributed by atoms with E-state index in [2.05, 4.69) is 82.0 Å². The predicted octanol–water partition coefficient (Wildman–Crippen LogP) is 4.64. The summed E-state index contributed by atoms with van der Waals surface area (Å²) in [4.78, 5) is 2.55. The number of para-hydroxylation sites is 1. The van der Waals surface area contributed by atoms with E-state index in [9.17, 15) is 0 Å². The fraction of sp³-hybridized carbons (Fsp3) is 0.250. The minimum atomic E-state index is 0.524. The van der Waals surface area contributed by atoms with Crippen molar-refractivity contribution in [3.63, 3.8) is 0 Å². The molecule has 1 atom stereocenters. The van der Waals surface area contributed by atoms with E-state index >= 15 is 0 Å². The molecule has 0 unspecified atom stereocenters. The van der Waals surface area contributed by atoms with Gasteiger partial charge in [-0.2, -0.15) is 10.2 Å². The molecule has 2 aromatic carbocycles. The van der Waals surface area contributed by atoms with Crippen LogP contribution < -0.4 is 0 Å². The number of hydrogen-bond acceptors (Lipinski definition) is 3. The zero-order chi connectivity index (χ0) is 19.5. The van der Waals surface area contributed by atoms with Gasteiger partial charge in [0.15, 0.2) is 0 Å². The summed E-state index contributed by atoms with van der Waals surface area (Å²) in [6.45, 7) is 3.07. The summed E-state index contributed by atoms with van der Waals surface area (Å²) in [5, 5.41) is 12.3. The van der Waals surface area contributed by atoms with E-state index in [-0.39, 0.29) is 0 Å². The topological polar surface area (TPSA) is 49.7 Å². The number of hydrogen-bond donors (Lipinski definition) is 1. The standard InChI is InChI=1S/C24H25N5/c1-3-8-19(9-4-1)24-21(18-29(27-24)22-11-5-2-6-12-22)17-28-15-7-10-20(16-28)23-13-14-25-26-23/h1-6,8-9,11-14,18,20H,7,10,15-17H2,(H,25,26)/t20-/m1/s1. The minimum absolute atomic E-state index is 0.524. The molecule has 1 fully saturated rings. The lowest BCUT2D eigenvalue weighted by Gasteiger charge is -2.32. The summed E-state index contributed by atoms with van der Waals surface area (Å²) in [6, 6.07) is 22.9. The Kier molecular flexibility index (Phi) is 4.97. The van der Waals surface area contributed by atoms with Crippen LogP contribution in [0.5, 0.6) is 0 Å². The molecule has 1 aliphatic rings. The molecule has 5 heteroatoms. The first-order valence-electron chi connectivity index (χ1n) is 10.3.